The summed E-state index contributed by atoms with van der Waals surface area (Å²) in [6.07, 6.45) is 0. The summed E-state index contributed by atoms with van der Waals surface area (Å²) >= 11 is 0. The molecule has 0 spiro atoms. The molecule has 0 atom stereocenters. The number of anilines is 1. The summed E-state index contributed by atoms with van der Waals surface area (Å²) in [5.41, 5.74) is 7.25. The van der Waals surface area contributed by atoms with Crippen LogP contribution in [0.3, 0.4) is 0 Å². The number of nitrogens with zero attached hydrogens (tertiary/aromatic N) is 3. The molecule has 2 aromatic rings. The number of ether oxygens (including phenoxy) is 1. The van der Waals surface area contributed by atoms with Crippen molar-refractivity contribution in [1.29, 1.82) is 5.26 Å². The van der Waals surface area contributed by atoms with Crippen molar-refractivity contribution in [3.05, 3.63) is 41.3 Å². The van der Waals surface area contributed by atoms with Crippen LogP contribution in [0.4, 0.5) is 5.82 Å². The standard InChI is InChI=1S/C14H14N4O2/c1-3-20-14(19)12-13(16)18(9(2)17-12)11-6-4-5-10(7-11)8-15/h4-7H,3,16H2,1-2H3. The van der Waals surface area contributed by atoms with Crippen molar-refractivity contribution in [2.45, 2.75) is 13.8 Å². The van der Waals surface area contributed by atoms with Crippen LogP contribution in [0.15, 0.2) is 24.3 Å². The molecule has 0 radical (unpaired) electrons. The van der Waals surface area contributed by atoms with Crippen molar-refractivity contribution in [1.82, 2.24) is 9.55 Å². The Morgan fingerprint density at radius 3 is 2.95 bits per heavy atom. The first-order chi connectivity index (χ1) is 9.58. The number of hydrogen-bond donors (Lipinski definition) is 1. The lowest BCUT2D eigenvalue weighted by Gasteiger charge is -2.07. The molecule has 0 aliphatic heterocycles. The lowest BCUT2D eigenvalue weighted by Crippen LogP contribution is -2.09. The Labute approximate surface area is 116 Å². The Morgan fingerprint density at radius 1 is 1.55 bits per heavy atom. The van der Waals surface area contributed by atoms with Crippen LogP contribution >= 0.6 is 0 Å². The van der Waals surface area contributed by atoms with Crippen LogP contribution in [0.1, 0.15) is 28.8 Å². The van der Waals surface area contributed by atoms with Gasteiger partial charge >= 0.3 is 5.97 Å². The van der Waals surface area contributed by atoms with Crippen LogP contribution in [0, 0.1) is 18.3 Å². The summed E-state index contributed by atoms with van der Waals surface area (Å²) in [5, 5.41) is 8.93. The van der Waals surface area contributed by atoms with Crippen LogP contribution in [-0.2, 0) is 4.74 Å². The molecule has 6 nitrogen and oxygen atoms in total. The second-order valence-electron chi connectivity index (χ2n) is 4.11. The van der Waals surface area contributed by atoms with E-state index in [0.29, 0.717) is 17.1 Å². The van der Waals surface area contributed by atoms with Gasteiger partial charge in [-0.1, -0.05) is 6.07 Å². The number of hydrogen-bond acceptors (Lipinski definition) is 5. The zero-order valence-electron chi connectivity index (χ0n) is 11.3. The van der Waals surface area contributed by atoms with Gasteiger partial charge in [-0.15, -0.1) is 0 Å². The van der Waals surface area contributed by atoms with Crippen LogP contribution in [0.25, 0.3) is 5.69 Å². The molecule has 0 fully saturated rings. The summed E-state index contributed by atoms with van der Waals surface area (Å²) in [5.74, 6) is 0.208. The Hall–Kier alpha value is -2.81. The molecule has 0 saturated heterocycles. The number of nitrogen functional groups attached to an aromatic ring is 1. The lowest BCUT2D eigenvalue weighted by atomic mass is 10.2. The number of carbonyl (C=O) groups excluding carboxylic acids is 1. The Morgan fingerprint density at radius 2 is 2.30 bits per heavy atom. The monoisotopic (exact) mass is 270 g/mol. The fraction of sp³-hybridized carbons (Fsp3) is 0.214. The largest absolute Gasteiger partial charge is 0.461 e. The van der Waals surface area contributed by atoms with Gasteiger partial charge in [-0.25, -0.2) is 9.78 Å². The molecule has 102 valence electrons. The van der Waals surface area contributed by atoms with Gasteiger partial charge in [-0.2, -0.15) is 5.26 Å². The van der Waals surface area contributed by atoms with Crippen LogP contribution in [0.5, 0.6) is 0 Å². The third kappa shape index (κ3) is 2.34. The predicted octanol–water partition coefficient (Wildman–Crippen LogP) is 1.81. The topological polar surface area (TPSA) is 93.9 Å². The van der Waals surface area contributed by atoms with Crippen LogP contribution in [-0.4, -0.2) is 22.1 Å². The van der Waals surface area contributed by atoms with E-state index < -0.39 is 5.97 Å². The highest BCUT2D eigenvalue weighted by Crippen LogP contribution is 2.21. The lowest BCUT2D eigenvalue weighted by molar-refractivity contribution is 0.0521. The highest BCUT2D eigenvalue weighted by atomic mass is 16.5. The molecule has 2 rings (SSSR count). The SMILES string of the molecule is CCOC(=O)c1nc(C)n(-c2cccc(C#N)c2)c1N. The van der Waals surface area contributed by atoms with E-state index in [2.05, 4.69) is 11.1 Å². The van der Waals surface area contributed by atoms with Gasteiger partial charge in [0, 0.05) is 0 Å². The zero-order valence-corrected chi connectivity index (χ0v) is 11.3. The van der Waals surface area contributed by atoms with E-state index in [-0.39, 0.29) is 18.1 Å². The fourth-order valence-electron chi connectivity index (χ4n) is 1.94. The van der Waals surface area contributed by atoms with Crippen LogP contribution in [0.2, 0.25) is 0 Å². The summed E-state index contributed by atoms with van der Waals surface area (Å²) in [6.45, 7) is 3.71. The Bertz CT molecular complexity index is 698. The highest BCUT2D eigenvalue weighted by molar-refractivity contribution is 5.92. The van der Waals surface area contributed by atoms with Crippen molar-refractivity contribution in [2.75, 3.05) is 12.3 Å². The van der Waals surface area contributed by atoms with Gasteiger partial charge in [0.1, 0.15) is 11.6 Å². The average molecular weight is 270 g/mol. The number of benzene rings is 1. The minimum absolute atomic E-state index is 0.0895. The fourth-order valence-corrected chi connectivity index (χ4v) is 1.94. The molecule has 20 heavy (non-hydrogen) atoms. The molecule has 1 heterocycles. The summed E-state index contributed by atoms with van der Waals surface area (Å²) in [6, 6.07) is 8.97. The second-order valence-corrected chi connectivity index (χ2v) is 4.11. The molecular weight excluding hydrogens is 256 g/mol. The van der Waals surface area contributed by atoms with Gasteiger partial charge in [-0.3, -0.25) is 4.57 Å². The van der Waals surface area contributed by atoms with Crippen LogP contribution < -0.4 is 5.73 Å². The van der Waals surface area contributed by atoms with Crippen molar-refractivity contribution < 1.29 is 9.53 Å². The Kier molecular flexibility index (Phi) is 3.71. The van der Waals surface area contributed by atoms with Gasteiger partial charge in [0.2, 0.25) is 0 Å². The van der Waals surface area contributed by atoms with Gasteiger partial charge in [0.05, 0.1) is 23.9 Å². The average Bonchev–Trinajstić information content (AvgIpc) is 2.74. The van der Waals surface area contributed by atoms with E-state index >= 15 is 0 Å². The quantitative estimate of drug-likeness (QED) is 0.858. The minimum Gasteiger partial charge on any atom is -0.461 e. The molecule has 1 aromatic carbocycles. The maximum atomic E-state index is 11.8. The number of carbonyl (C=O) groups is 1. The molecule has 2 N–H and O–H groups in total. The maximum absolute atomic E-state index is 11.8. The predicted molar refractivity (Wildman–Crippen MR) is 73.4 cm³/mol. The summed E-state index contributed by atoms with van der Waals surface area (Å²) in [4.78, 5) is 15.9. The molecule has 1 aromatic heterocycles. The highest BCUT2D eigenvalue weighted by Gasteiger charge is 2.20. The molecule has 0 unspecified atom stereocenters. The third-order valence-electron chi connectivity index (χ3n) is 2.78. The summed E-state index contributed by atoms with van der Waals surface area (Å²) < 4.78 is 6.53. The molecule has 0 amide bonds. The normalized spacial score (nSPS) is 10.1. The van der Waals surface area contributed by atoms with Crippen molar-refractivity contribution in [2.24, 2.45) is 0 Å². The molecular formula is C14H14N4O2. The van der Waals surface area contributed by atoms with Gasteiger partial charge in [0.25, 0.3) is 0 Å². The molecule has 0 aliphatic carbocycles. The number of imidazole rings is 1. The smallest absolute Gasteiger partial charge is 0.360 e. The van der Waals surface area contributed by atoms with E-state index in [4.69, 9.17) is 15.7 Å². The zero-order chi connectivity index (χ0) is 14.7. The number of aromatic nitrogens is 2. The van der Waals surface area contributed by atoms with E-state index in [9.17, 15) is 4.79 Å². The van der Waals surface area contributed by atoms with E-state index in [1.54, 1.807) is 42.7 Å². The van der Waals surface area contributed by atoms with Gasteiger partial charge < -0.3 is 10.5 Å². The molecule has 0 bridgehead atoms. The van der Waals surface area contributed by atoms with E-state index in [0.717, 1.165) is 0 Å². The van der Waals surface area contributed by atoms with Gasteiger partial charge in [-0.05, 0) is 32.0 Å². The van der Waals surface area contributed by atoms with Gasteiger partial charge in [0.15, 0.2) is 5.69 Å². The first kappa shape index (κ1) is 13.6. The number of rotatable bonds is 3. The van der Waals surface area contributed by atoms with Crippen molar-refractivity contribution in [3.8, 4) is 11.8 Å². The molecule has 6 heteroatoms. The second kappa shape index (κ2) is 5.45. The van der Waals surface area contributed by atoms with Crippen molar-refractivity contribution >= 4 is 11.8 Å². The number of nitrogens with two attached hydrogens (primary N) is 1. The van der Waals surface area contributed by atoms with E-state index in [1.165, 1.54) is 0 Å². The number of esters is 1. The first-order valence-corrected chi connectivity index (χ1v) is 6.11. The minimum atomic E-state index is -0.553. The van der Waals surface area contributed by atoms with Crippen molar-refractivity contribution in [3.63, 3.8) is 0 Å². The maximum Gasteiger partial charge on any atom is 0.360 e. The molecule has 0 saturated carbocycles. The third-order valence-corrected chi connectivity index (χ3v) is 2.78. The number of nitriles is 1. The molecule has 0 aliphatic rings. The number of aryl methyl sites for hydroxylation is 1. The Balaban J connectivity index is 2.53. The summed E-state index contributed by atoms with van der Waals surface area (Å²) in [7, 11) is 0. The first-order valence-electron chi connectivity index (χ1n) is 6.11. The van der Waals surface area contributed by atoms with E-state index in [1.807, 2.05) is 0 Å².